The molecule has 1 aromatic heterocycles. The second-order valence-electron chi connectivity index (χ2n) is 1.83. The maximum atomic E-state index is 8.15. The van der Waals surface area contributed by atoms with Crippen molar-refractivity contribution in [2.45, 2.75) is 6.92 Å². The fourth-order valence-corrected chi connectivity index (χ4v) is 0.585. The minimum atomic E-state index is 0.0586. The number of aromatic amines is 1. The van der Waals surface area contributed by atoms with Crippen LogP contribution in [0.4, 0.5) is 0 Å². The highest BCUT2D eigenvalue weighted by Gasteiger charge is 1.98. The first-order chi connectivity index (χ1) is 4.84. The highest BCUT2D eigenvalue weighted by Crippen LogP contribution is 2.10. The Morgan fingerprint density at radius 1 is 1.90 bits per heavy atom. The maximum Gasteiger partial charge on any atom is 0.213 e. The minimum absolute atomic E-state index is 0.0586. The Morgan fingerprint density at radius 2 is 2.70 bits per heavy atom. The van der Waals surface area contributed by atoms with E-state index in [-0.39, 0.29) is 6.61 Å². The summed E-state index contributed by atoms with van der Waals surface area (Å²) in [6, 6.07) is 1.86. The maximum absolute atomic E-state index is 8.15. The molecule has 52 valence electrons. The molecule has 0 saturated heterocycles. The Labute approximate surface area is 58.4 Å². The summed E-state index contributed by atoms with van der Waals surface area (Å²) in [4.78, 5) is 0. The van der Waals surface area contributed by atoms with Gasteiger partial charge in [0.2, 0.25) is 5.88 Å². The van der Waals surface area contributed by atoms with Crippen LogP contribution in [0.25, 0.3) is 0 Å². The molecule has 0 aliphatic carbocycles. The van der Waals surface area contributed by atoms with Crippen molar-refractivity contribution in [3.8, 4) is 11.9 Å². The molecule has 4 nitrogen and oxygen atoms in total. The van der Waals surface area contributed by atoms with Crippen molar-refractivity contribution < 1.29 is 4.74 Å². The quantitative estimate of drug-likeness (QED) is 0.649. The Balaban J connectivity index is 2.59. The molecule has 0 spiro atoms. The van der Waals surface area contributed by atoms with Crippen molar-refractivity contribution in [2.24, 2.45) is 0 Å². The van der Waals surface area contributed by atoms with Gasteiger partial charge in [-0.05, 0) is 6.92 Å². The molecule has 0 aromatic carbocycles. The van der Waals surface area contributed by atoms with E-state index in [4.69, 9.17) is 10.00 Å². The van der Waals surface area contributed by atoms with E-state index in [0.717, 1.165) is 5.56 Å². The van der Waals surface area contributed by atoms with Gasteiger partial charge in [-0.25, -0.2) is 5.10 Å². The van der Waals surface area contributed by atoms with Gasteiger partial charge in [0.15, 0.2) is 6.61 Å². The van der Waals surface area contributed by atoms with Gasteiger partial charge < -0.3 is 4.74 Å². The normalized spacial score (nSPS) is 8.80. The van der Waals surface area contributed by atoms with E-state index >= 15 is 0 Å². The Kier molecular flexibility index (Phi) is 1.90. The molecule has 0 atom stereocenters. The van der Waals surface area contributed by atoms with Gasteiger partial charge in [-0.1, -0.05) is 0 Å². The molecular formula is C6H7N3O. The predicted molar refractivity (Wildman–Crippen MR) is 34.4 cm³/mol. The fourth-order valence-electron chi connectivity index (χ4n) is 0.585. The number of nitriles is 1. The first-order valence-electron chi connectivity index (χ1n) is 2.84. The van der Waals surface area contributed by atoms with Crippen molar-refractivity contribution >= 4 is 0 Å². The molecular weight excluding hydrogens is 130 g/mol. The first kappa shape index (κ1) is 6.62. The van der Waals surface area contributed by atoms with Crippen LogP contribution in [0.5, 0.6) is 5.88 Å². The number of aryl methyl sites for hydroxylation is 1. The molecule has 1 rings (SSSR count). The van der Waals surface area contributed by atoms with Crippen LogP contribution in [0, 0.1) is 18.3 Å². The number of hydrogen-bond donors (Lipinski definition) is 1. The van der Waals surface area contributed by atoms with Gasteiger partial charge in [0, 0.05) is 5.56 Å². The van der Waals surface area contributed by atoms with Crippen molar-refractivity contribution in [3.05, 3.63) is 11.8 Å². The van der Waals surface area contributed by atoms with Crippen LogP contribution in [-0.2, 0) is 0 Å². The third kappa shape index (κ3) is 1.26. The number of H-pyrrole nitrogens is 1. The lowest BCUT2D eigenvalue weighted by atomic mass is 10.4. The second kappa shape index (κ2) is 2.87. The van der Waals surface area contributed by atoms with Gasteiger partial charge >= 0.3 is 0 Å². The lowest BCUT2D eigenvalue weighted by molar-refractivity contribution is 0.350. The van der Waals surface area contributed by atoms with Gasteiger partial charge in [-0.15, -0.1) is 0 Å². The van der Waals surface area contributed by atoms with Gasteiger partial charge in [0.25, 0.3) is 0 Å². The minimum Gasteiger partial charge on any atom is -0.462 e. The summed E-state index contributed by atoms with van der Waals surface area (Å²) in [5.74, 6) is 0.571. The monoisotopic (exact) mass is 137 g/mol. The van der Waals surface area contributed by atoms with Crippen LogP contribution in [-0.4, -0.2) is 16.8 Å². The number of hydrogen-bond acceptors (Lipinski definition) is 3. The van der Waals surface area contributed by atoms with Crippen LogP contribution >= 0.6 is 0 Å². The van der Waals surface area contributed by atoms with Crippen LogP contribution in [0.2, 0.25) is 0 Å². The van der Waals surface area contributed by atoms with Crippen molar-refractivity contribution in [3.63, 3.8) is 0 Å². The van der Waals surface area contributed by atoms with Crippen molar-refractivity contribution in [1.29, 1.82) is 5.26 Å². The molecule has 1 heterocycles. The van der Waals surface area contributed by atoms with E-state index in [1.807, 2.05) is 13.0 Å². The average Bonchev–Trinajstić information content (AvgIpc) is 2.31. The summed E-state index contributed by atoms with van der Waals surface area (Å²) in [7, 11) is 0. The second-order valence-corrected chi connectivity index (χ2v) is 1.83. The lowest BCUT2D eigenvalue weighted by Crippen LogP contribution is -1.94. The van der Waals surface area contributed by atoms with E-state index < -0.39 is 0 Å². The molecule has 0 amide bonds. The summed E-state index contributed by atoms with van der Waals surface area (Å²) in [5, 5.41) is 14.5. The fraction of sp³-hybridized carbons (Fsp3) is 0.333. The van der Waals surface area contributed by atoms with Gasteiger partial charge in [0.05, 0.1) is 6.20 Å². The zero-order valence-electron chi connectivity index (χ0n) is 5.59. The standard InChI is InChI=1S/C6H7N3O/c1-5-4-8-9-6(5)10-3-2-7/h4H,3H2,1H3,(H,8,9). The number of ether oxygens (including phenoxy) is 1. The summed E-state index contributed by atoms with van der Waals surface area (Å²) in [5.41, 5.74) is 0.912. The van der Waals surface area contributed by atoms with E-state index in [1.54, 1.807) is 6.20 Å². The van der Waals surface area contributed by atoms with Crippen LogP contribution < -0.4 is 4.74 Å². The van der Waals surface area contributed by atoms with Crippen LogP contribution in [0.1, 0.15) is 5.56 Å². The number of nitrogens with zero attached hydrogens (tertiary/aromatic N) is 2. The van der Waals surface area contributed by atoms with Crippen LogP contribution in [0.3, 0.4) is 0 Å². The van der Waals surface area contributed by atoms with E-state index in [2.05, 4.69) is 10.2 Å². The van der Waals surface area contributed by atoms with Crippen LogP contribution in [0.15, 0.2) is 6.20 Å². The Hall–Kier alpha value is -1.50. The zero-order valence-corrected chi connectivity index (χ0v) is 5.59. The highest BCUT2D eigenvalue weighted by atomic mass is 16.5. The topological polar surface area (TPSA) is 61.7 Å². The number of aromatic nitrogens is 2. The lowest BCUT2D eigenvalue weighted by Gasteiger charge is -1.95. The molecule has 0 saturated carbocycles. The molecule has 0 radical (unpaired) electrons. The molecule has 0 fully saturated rings. The smallest absolute Gasteiger partial charge is 0.213 e. The van der Waals surface area contributed by atoms with E-state index in [1.165, 1.54) is 0 Å². The number of nitrogens with one attached hydrogen (secondary N) is 1. The van der Waals surface area contributed by atoms with Crippen molar-refractivity contribution in [2.75, 3.05) is 6.61 Å². The summed E-state index contributed by atoms with van der Waals surface area (Å²) in [6.07, 6.45) is 1.65. The average molecular weight is 137 g/mol. The molecule has 0 bridgehead atoms. The molecule has 0 aliphatic rings. The largest absolute Gasteiger partial charge is 0.462 e. The highest BCUT2D eigenvalue weighted by molar-refractivity contribution is 5.20. The molecule has 4 heteroatoms. The Morgan fingerprint density at radius 3 is 3.20 bits per heavy atom. The molecule has 0 aliphatic heterocycles. The number of rotatable bonds is 2. The van der Waals surface area contributed by atoms with Gasteiger partial charge in [-0.2, -0.15) is 10.4 Å². The summed E-state index contributed by atoms with van der Waals surface area (Å²) in [6.45, 7) is 1.92. The van der Waals surface area contributed by atoms with Crippen molar-refractivity contribution in [1.82, 2.24) is 10.2 Å². The first-order valence-corrected chi connectivity index (χ1v) is 2.84. The third-order valence-electron chi connectivity index (χ3n) is 1.06. The van der Waals surface area contributed by atoms with E-state index in [0.29, 0.717) is 5.88 Å². The SMILES string of the molecule is Cc1cn[nH]c1OCC#N. The van der Waals surface area contributed by atoms with E-state index in [9.17, 15) is 0 Å². The van der Waals surface area contributed by atoms with Gasteiger partial charge in [-0.3, -0.25) is 0 Å². The molecule has 1 N–H and O–H groups in total. The Bertz CT molecular complexity index is 248. The third-order valence-corrected chi connectivity index (χ3v) is 1.06. The van der Waals surface area contributed by atoms with Gasteiger partial charge in [0.1, 0.15) is 6.07 Å². The summed E-state index contributed by atoms with van der Waals surface area (Å²) < 4.78 is 4.95. The molecule has 0 unspecified atom stereocenters. The molecule has 1 aromatic rings. The summed E-state index contributed by atoms with van der Waals surface area (Å²) >= 11 is 0. The zero-order chi connectivity index (χ0) is 7.40. The molecule has 10 heavy (non-hydrogen) atoms. The predicted octanol–water partition coefficient (Wildman–Crippen LogP) is 0.620.